The van der Waals surface area contributed by atoms with Gasteiger partial charge in [-0.3, -0.25) is 15.1 Å². The summed E-state index contributed by atoms with van der Waals surface area (Å²) < 4.78 is 10.8. The minimum Gasteiger partial charge on any atom is -0.493 e. The zero-order valence-electron chi connectivity index (χ0n) is 16.2. The Morgan fingerprint density at radius 2 is 2.03 bits per heavy atom. The highest BCUT2D eigenvalue weighted by molar-refractivity contribution is 8.16. The van der Waals surface area contributed by atoms with Gasteiger partial charge in [0.1, 0.15) is 5.84 Å². The molecule has 0 aromatic heterocycles. The van der Waals surface area contributed by atoms with Gasteiger partial charge in [-0.1, -0.05) is 35.5 Å². The Morgan fingerprint density at radius 3 is 2.80 bits per heavy atom. The Bertz CT molecular complexity index is 1170. The van der Waals surface area contributed by atoms with Gasteiger partial charge < -0.3 is 9.47 Å². The number of aliphatic imine (C=N–C) groups is 1. The van der Waals surface area contributed by atoms with Gasteiger partial charge in [0.25, 0.3) is 5.91 Å². The van der Waals surface area contributed by atoms with E-state index in [1.165, 1.54) is 18.9 Å². The summed E-state index contributed by atoms with van der Waals surface area (Å²) in [6.45, 7) is 1.90. The second-order valence-electron chi connectivity index (χ2n) is 6.55. The second kappa shape index (κ2) is 8.00. The van der Waals surface area contributed by atoms with E-state index in [1.807, 2.05) is 13.0 Å². The maximum absolute atomic E-state index is 12.4. The molecule has 150 valence electrons. The summed E-state index contributed by atoms with van der Waals surface area (Å²) >= 11 is 1.29. The van der Waals surface area contributed by atoms with Crippen LogP contribution in [-0.4, -0.2) is 34.9 Å². The molecule has 0 aliphatic carbocycles. The molecular formula is C22H17N3O4S. The molecule has 4 rings (SSSR count). The molecular weight excluding hydrogens is 402 g/mol. The van der Waals surface area contributed by atoms with E-state index in [4.69, 9.17) is 14.9 Å². The number of hydrogen-bond acceptors (Lipinski definition) is 6. The number of amidine groups is 2. The van der Waals surface area contributed by atoms with Crippen LogP contribution in [0.5, 0.6) is 11.5 Å². The molecule has 2 heterocycles. The van der Waals surface area contributed by atoms with Crippen LogP contribution < -0.4 is 9.47 Å². The maximum Gasteiger partial charge on any atom is 0.343 e. The van der Waals surface area contributed by atoms with Crippen LogP contribution in [0, 0.1) is 12.3 Å². The van der Waals surface area contributed by atoms with Crippen molar-refractivity contribution in [2.75, 3.05) is 7.11 Å². The number of hydrogen-bond donors (Lipinski definition) is 1. The zero-order valence-corrected chi connectivity index (χ0v) is 17.0. The predicted molar refractivity (Wildman–Crippen MR) is 116 cm³/mol. The molecule has 0 atom stereocenters. The average molecular weight is 419 g/mol. The summed E-state index contributed by atoms with van der Waals surface area (Å²) in [7, 11) is 1.47. The lowest BCUT2D eigenvalue weighted by atomic mass is 10.1. The fourth-order valence-corrected chi connectivity index (χ4v) is 3.69. The van der Waals surface area contributed by atoms with Gasteiger partial charge in [-0.2, -0.15) is 4.99 Å². The number of esters is 1. The Balaban J connectivity index is 1.60. The lowest BCUT2D eigenvalue weighted by molar-refractivity contribution is -0.114. The summed E-state index contributed by atoms with van der Waals surface area (Å²) in [6, 6.07) is 12.0. The molecule has 0 unspecified atom stereocenters. The molecule has 2 aliphatic heterocycles. The first-order valence-electron chi connectivity index (χ1n) is 8.99. The third-order valence-electron chi connectivity index (χ3n) is 4.47. The highest BCUT2D eigenvalue weighted by Gasteiger charge is 2.31. The predicted octanol–water partition coefficient (Wildman–Crippen LogP) is 4.00. The fourth-order valence-electron chi connectivity index (χ4n) is 2.99. The van der Waals surface area contributed by atoms with Crippen molar-refractivity contribution >= 4 is 40.7 Å². The van der Waals surface area contributed by atoms with Gasteiger partial charge in [0.2, 0.25) is 0 Å². The molecule has 2 aromatic rings. The number of ether oxygens (including phenoxy) is 2. The number of nitrogens with one attached hydrogen (secondary N) is 1. The van der Waals surface area contributed by atoms with Crippen molar-refractivity contribution in [3.05, 3.63) is 76.3 Å². The van der Waals surface area contributed by atoms with Gasteiger partial charge in [0.05, 0.1) is 18.2 Å². The minimum atomic E-state index is -0.493. The first-order chi connectivity index (χ1) is 14.5. The van der Waals surface area contributed by atoms with Gasteiger partial charge >= 0.3 is 5.97 Å². The van der Waals surface area contributed by atoms with Gasteiger partial charge in [0, 0.05) is 6.20 Å². The van der Waals surface area contributed by atoms with E-state index in [0.717, 1.165) is 5.56 Å². The van der Waals surface area contributed by atoms with Gasteiger partial charge in [-0.15, -0.1) is 0 Å². The van der Waals surface area contributed by atoms with Crippen molar-refractivity contribution in [2.45, 2.75) is 6.92 Å². The van der Waals surface area contributed by atoms with Crippen LogP contribution in [0.1, 0.15) is 21.5 Å². The van der Waals surface area contributed by atoms with Crippen LogP contribution in [0.15, 0.2) is 64.6 Å². The second-order valence-corrected chi connectivity index (χ2v) is 7.42. The maximum atomic E-state index is 12.4. The number of thioether (sulfide) groups is 1. The summed E-state index contributed by atoms with van der Waals surface area (Å²) in [6.07, 6.45) is 3.26. The first kappa shape index (κ1) is 19.7. The number of fused-ring (bicyclic) bond motifs is 1. The Kier molecular flexibility index (Phi) is 5.24. The lowest BCUT2D eigenvalue weighted by Crippen LogP contribution is -2.35. The van der Waals surface area contributed by atoms with Gasteiger partial charge in [-0.05, 0) is 48.2 Å². The molecule has 0 radical (unpaired) electrons. The van der Waals surface area contributed by atoms with E-state index >= 15 is 0 Å². The normalized spacial score (nSPS) is 16.5. The molecule has 0 fully saturated rings. The van der Waals surface area contributed by atoms with Crippen LogP contribution in [0.3, 0.4) is 0 Å². The third-order valence-corrected chi connectivity index (χ3v) is 5.22. The SMILES string of the molecule is COc1cc(/C=C2/C(=N)N3C=CSC3=NC2=O)ccc1OC(=O)c1cccc(C)c1. The highest BCUT2D eigenvalue weighted by atomic mass is 32.2. The van der Waals surface area contributed by atoms with Crippen LogP contribution in [0.4, 0.5) is 0 Å². The molecule has 0 spiro atoms. The highest BCUT2D eigenvalue weighted by Crippen LogP contribution is 2.31. The van der Waals surface area contributed by atoms with Crippen molar-refractivity contribution < 1.29 is 19.1 Å². The Morgan fingerprint density at radius 1 is 1.20 bits per heavy atom. The van der Waals surface area contributed by atoms with Crippen LogP contribution in [0.25, 0.3) is 6.08 Å². The Hall–Kier alpha value is -3.65. The smallest absolute Gasteiger partial charge is 0.343 e. The standard InChI is InChI=1S/C22H17N3O4S/c1-13-4-3-5-15(10-13)21(27)29-17-7-6-14(12-18(17)28-2)11-16-19(23)25-8-9-30-22(25)24-20(16)26/h3-12,23H,1-2H3/b16-11-,23-19?. The molecule has 0 saturated carbocycles. The lowest BCUT2D eigenvalue weighted by Gasteiger charge is -2.22. The first-order valence-corrected chi connectivity index (χ1v) is 9.87. The zero-order chi connectivity index (χ0) is 21.3. The average Bonchev–Trinajstić information content (AvgIpc) is 3.20. The van der Waals surface area contributed by atoms with E-state index in [1.54, 1.807) is 59.0 Å². The van der Waals surface area contributed by atoms with Crippen LogP contribution >= 0.6 is 11.8 Å². The largest absolute Gasteiger partial charge is 0.493 e. The summed E-state index contributed by atoms with van der Waals surface area (Å²) in [5.41, 5.74) is 2.17. The minimum absolute atomic E-state index is 0.0557. The van der Waals surface area contributed by atoms with Crippen molar-refractivity contribution in [3.8, 4) is 11.5 Å². The number of benzene rings is 2. The number of nitrogens with zero attached hydrogens (tertiary/aromatic N) is 2. The molecule has 2 aromatic carbocycles. The molecule has 0 bridgehead atoms. The van der Waals surface area contributed by atoms with Gasteiger partial charge in [-0.25, -0.2) is 4.79 Å². The molecule has 1 amide bonds. The topological polar surface area (TPSA) is 92.1 Å². The van der Waals surface area contributed by atoms with Crippen molar-refractivity contribution in [1.29, 1.82) is 5.41 Å². The molecule has 0 saturated heterocycles. The molecule has 8 heteroatoms. The third kappa shape index (κ3) is 3.77. The van der Waals surface area contributed by atoms with Crippen molar-refractivity contribution in [1.82, 2.24) is 4.90 Å². The number of rotatable bonds is 4. The molecule has 2 aliphatic rings. The van der Waals surface area contributed by atoms with E-state index in [-0.39, 0.29) is 17.2 Å². The van der Waals surface area contributed by atoms with Crippen molar-refractivity contribution in [2.24, 2.45) is 4.99 Å². The summed E-state index contributed by atoms with van der Waals surface area (Å²) in [5.74, 6) is -0.319. The summed E-state index contributed by atoms with van der Waals surface area (Å²) in [5, 5.41) is 10.5. The van der Waals surface area contributed by atoms with Crippen LogP contribution in [-0.2, 0) is 4.79 Å². The molecule has 30 heavy (non-hydrogen) atoms. The van der Waals surface area contributed by atoms with E-state index in [0.29, 0.717) is 22.0 Å². The van der Waals surface area contributed by atoms with Gasteiger partial charge in [0.15, 0.2) is 16.7 Å². The van der Waals surface area contributed by atoms with E-state index < -0.39 is 11.9 Å². The van der Waals surface area contributed by atoms with E-state index in [9.17, 15) is 9.59 Å². The monoisotopic (exact) mass is 419 g/mol. The summed E-state index contributed by atoms with van der Waals surface area (Å²) in [4.78, 5) is 30.3. The quantitative estimate of drug-likeness (QED) is 0.458. The van der Waals surface area contributed by atoms with E-state index in [2.05, 4.69) is 4.99 Å². The molecule has 7 nitrogen and oxygen atoms in total. The van der Waals surface area contributed by atoms with Crippen molar-refractivity contribution in [3.63, 3.8) is 0 Å². The molecule has 1 N–H and O–H groups in total. The fraction of sp³-hybridized carbons (Fsp3) is 0.0909. The number of aryl methyl sites for hydroxylation is 1. The van der Waals surface area contributed by atoms with Crippen LogP contribution in [0.2, 0.25) is 0 Å². The number of methoxy groups -OCH3 is 1. The number of amides is 1. The number of carbonyl (C=O) groups is 2. The number of carbonyl (C=O) groups excluding carboxylic acids is 2. The Labute approximate surface area is 177 Å².